The lowest BCUT2D eigenvalue weighted by Crippen LogP contribution is -2.13. The van der Waals surface area contributed by atoms with Gasteiger partial charge in [-0.3, -0.25) is 14.9 Å². The van der Waals surface area contributed by atoms with Crippen molar-refractivity contribution in [1.29, 1.82) is 0 Å². The van der Waals surface area contributed by atoms with E-state index in [0.29, 0.717) is 6.54 Å². The summed E-state index contributed by atoms with van der Waals surface area (Å²) in [6, 6.07) is 5.39. The number of hydrogen-bond donors (Lipinski definition) is 2. The van der Waals surface area contributed by atoms with Crippen LogP contribution in [0.25, 0.3) is 0 Å². The second-order valence-electron chi connectivity index (χ2n) is 6.37. The van der Waals surface area contributed by atoms with Gasteiger partial charge in [0.05, 0.1) is 18.0 Å². The zero-order valence-electron chi connectivity index (χ0n) is 16.0. The number of anilines is 2. The summed E-state index contributed by atoms with van der Waals surface area (Å²) in [6.45, 7) is 8.30. The van der Waals surface area contributed by atoms with E-state index in [1.807, 2.05) is 20.8 Å². The molecule has 1 aromatic carbocycles. The Morgan fingerprint density at radius 1 is 1.26 bits per heavy atom. The molecule has 0 unspecified atom stereocenters. The van der Waals surface area contributed by atoms with Gasteiger partial charge in [-0.05, 0) is 44.4 Å². The van der Waals surface area contributed by atoms with E-state index in [2.05, 4.69) is 22.4 Å². The molecule has 0 spiro atoms. The minimum Gasteiger partial charge on any atom is -0.466 e. The third-order valence-electron chi connectivity index (χ3n) is 4.22. The highest BCUT2D eigenvalue weighted by Gasteiger charge is 2.21. The summed E-state index contributed by atoms with van der Waals surface area (Å²) in [7, 11) is 0. The number of aryl methyl sites for hydroxylation is 3. The van der Waals surface area contributed by atoms with Gasteiger partial charge >= 0.3 is 11.7 Å². The summed E-state index contributed by atoms with van der Waals surface area (Å²) in [6.07, 6.45) is -0.163. The van der Waals surface area contributed by atoms with Crippen LogP contribution in [0.1, 0.15) is 34.7 Å². The molecule has 1 heterocycles. The van der Waals surface area contributed by atoms with Gasteiger partial charge in [0.2, 0.25) is 5.82 Å². The van der Waals surface area contributed by atoms with Crippen molar-refractivity contribution in [1.82, 2.24) is 4.98 Å². The van der Waals surface area contributed by atoms with Crippen molar-refractivity contribution in [2.24, 2.45) is 0 Å². The molecule has 0 saturated carbocycles. The van der Waals surface area contributed by atoms with Gasteiger partial charge < -0.3 is 15.8 Å². The minimum atomic E-state index is -0.543. The number of hydrogen-bond acceptors (Lipinski definition) is 7. The molecule has 144 valence electrons. The Labute approximate surface area is 157 Å². The van der Waals surface area contributed by atoms with Crippen molar-refractivity contribution in [3.63, 3.8) is 0 Å². The number of ether oxygens (including phenoxy) is 1. The Hall–Kier alpha value is -3.16. The molecule has 1 aromatic heterocycles. The first-order valence-corrected chi connectivity index (χ1v) is 8.62. The normalized spacial score (nSPS) is 10.5. The number of nitrogens with two attached hydrogens (primary N) is 1. The van der Waals surface area contributed by atoms with E-state index in [9.17, 15) is 14.9 Å². The number of carbonyl (C=O) groups is 1. The Morgan fingerprint density at radius 3 is 2.44 bits per heavy atom. The number of nitrogen functional groups attached to an aromatic ring is 1. The van der Waals surface area contributed by atoms with Crippen molar-refractivity contribution in [2.75, 3.05) is 17.7 Å². The molecule has 0 atom stereocenters. The number of benzene rings is 1. The van der Waals surface area contributed by atoms with Crippen LogP contribution in [-0.4, -0.2) is 22.5 Å². The van der Waals surface area contributed by atoms with E-state index in [-0.39, 0.29) is 35.9 Å². The number of nitrogens with zero attached hydrogens (tertiary/aromatic N) is 2. The molecule has 8 nitrogen and oxygen atoms in total. The van der Waals surface area contributed by atoms with E-state index >= 15 is 0 Å². The molecular weight excluding hydrogens is 348 g/mol. The van der Waals surface area contributed by atoms with Crippen LogP contribution < -0.4 is 11.1 Å². The van der Waals surface area contributed by atoms with Crippen molar-refractivity contribution < 1.29 is 14.5 Å². The van der Waals surface area contributed by atoms with Crippen LogP contribution in [0.5, 0.6) is 0 Å². The zero-order valence-corrected chi connectivity index (χ0v) is 16.0. The van der Waals surface area contributed by atoms with Gasteiger partial charge in [-0.15, -0.1) is 0 Å². The fourth-order valence-corrected chi connectivity index (χ4v) is 3.00. The SMILES string of the molecule is CCOC(=O)Cc1cc([N+](=O)[O-])c(NCc2c(C)cc(C)cc2C)nc1N. The van der Waals surface area contributed by atoms with Gasteiger partial charge in [-0.1, -0.05) is 17.7 Å². The maximum atomic E-state index is 11.7. The molecule has 0 aliphatic carbocycles. The van der Waals surface area contributed by atoms with Crippen LogP contribution in [-0.2, 0) is 22.5 Å². The Bertz CT molecular complexity index is 857. The molecule has 0 fully saturated rings. The number of nitrogens with one attached hydrogen (secondary N) is 1. The first kappa shape index (κ1) is 20.2. The summed E-state index contributed by atoms with van der Waals surface area (Å²) >= 11 is 0. The van der Waals surface area contributed by atoms with E-state index in [4.69, 9.17) is 10.5 Å². The van der Waals surface area contributed by atoms with Gasteiger partial charge in [-0.2, -0.15) is 0 Å². The van der Waals surface area contributed by atoms with Crippen LogP contribution in [0.3, 0.4) is 0 Å². The molecule has 0 aliphatic heterocycles. The summed E-state index contributed by atoms with van der Waals surface area (Å²) in [5.41, 5.74) is 10.3. The number of carbonyl (C=O) groups excluding carboxylic acids is 1. The summed E-state index contributed by atoms with van der Waals surface area (Å²) in [4.78, 5) is 26.7. The van der Waals surface area contributed by atoms with Gasteiger partial charge in [0.1, 0.15) is 5.82 Å². The Kier molecular flexibility index (Phi) is 6.33. The van der Waals surface area contributed by atoms with Crippen LogP contribution in [0.15, 0.2) is 18.2 Å². The monoisotopic (exact) mass is 372 g/mol. The molecular formula is C19H24N4O4. The molecule has 0 bridgehead atoms. The largest absolute Gasteiger partial charge is 0.466 e. The van der Waals surface area contributed by atoms with Gasteiger partial charge in [0.25, 0.3) is 0 Å². The topological polar surface area (TPSA) is 120 Å². The van der Waals surface area contributed by atoms with E-state index in [1.54, 1.807) is 6.92 Å². The van der Waals surface area contributed by atoms with Crippen molar-refractivity contribution in [2.45, 2.75) is 40.7 Å². The molecule has 8 heteroatoms. The summed E-state index contributed by atoms with van der Waals surface area (Å²) in [5.74, 6) is -0.370. The molecule has 0 radical (unpaired) electrons. The number of esters is 1. The molecule has 0 aliphatic rings. The van der Waals surface area contributed by atoms with E-state index in [1.165, 1.54) is 6.07 Å². The average Bonchev–Trinajstić information content (AvgIpc) is 2.55. The summed E-state index contributed by atoms with van der Waals surface area (Å²) < 4.78 is 4.86. The lowest BCUT2D eigenvalue weighted by atomic mass is 10.00. The fraction of sp³-hybridized carbons (Fsp3) is 0.368. The quantitative estimate of drug-likeness (QED) is 0.435. The predicted molar refractivity (Wildman–Crippen MR) is 104 cm³/mol. The van der Waals surface area contributed by atoms with E-state index in [0.717, 1.165) is 22.3 Å². The van der Waals surface area contributed by atoms with Crippen LogP contribution in [0.2, 0.25) is 0 Å². The highest BCUT2D eigenvalue weighted by Crippen LogP contribution is 2.28. The second kappa shape index (κ2) is 8.48. The van der Waals surface area contributed by atoms with Crippen molar-refractivity contribution >= 4 is 23.3 Å². The number of aromatic nitrogens is 1. The first-order chi connectivity index (χ1) is 12.7. The van der Waals surface area contributed by atoms with Crippen LogP contribution >= 0.6 is 0 Å². The molecule has 3 N–H and O–H groups in total. The highest BCUT2D eigenvalue weighted by atomic mass is 16.6. The maximum absolute atomic E-state index is 11.7. The molecule has 27 heavy (non-hydrogen) atoms. The predicted octanol–water partition coefficient (Wildman–Crippen LogP) is 3.21. The standard InChI is InChI=1S/C19H24N4O4/c1-5-27-17(24)9-14-8-16(23(25)26)19(22-18(14)20)21-10-15-12(3)6-11(2)7-13(15)4/h6-8H,5,9-10H2,1-4H3,(H3,20,21,22). The van der Waals surface area contributed by atoms with Crippen LogP contribution in [0, 0.1) is 30.9 Å². The Morgan fingerprint density at radius 2 is 1.89 bits per heavy atom. The van der Waals surface area contributed by atoms with Gasteiger partial charge in [0.15, 0.2) is 0 Å². The first-order valence-electron chi connectivity index (χ1n) is 8.62. The smallest absolute Gasteiger partial charge is 0.311 e. The molecule has 2 rings (SSSR count). The highest BCUT2D eigenvalue weighted by molar-refractivity contribution is 5.76. The van der Waals surface area contributed by atoms with Crippen LogP contribution in [0.4, 0.5) is 17.3 Å². The summed E-state index contributed by atoms with van der Waals surface area (Å²) in [5, 5.41) is 14.5. The zero-order chi connectivity index (χ0) is 20.1. The molecule has 0 saturated heterocycles. The average molecular weight is 372 g/mol. The van der Waals surface area contributed by atoms with E-state index < -0.39 is 10.9 Å². The third-order valence-corrected chi connectivity index (χ3v) is 4.22. The fourth-order valence-electron chi connectivity index (χ4n) is 3.00. The lowest BCUT2D eigenvalue weighted by Gasteiger charge is -2.14. The number of nitro groups is 1. The molecule has 0 amide bonds. The van der Waals surface area contributed by atoms with Gasteiger partial charge in [-0.25, -0.2) is 4.98 Å². The van der Waals surface area contributed by atoms with Gasteiger partial charge in [0, 0.05) is 18.2 Å². The maximum Gasteiger partial charge on any atom is 0.311 e. The second-order valence-corrected chi connectivity index (χ2v) is 6.37. The van der Waals surface area contributed by atoms with Crippen molar-refractivity contribution in [3.8, 4) is 0 Å². The Balaban J connectivity index is 2.30. The number of pyridine rings is 1. The van der Waals surface area contributed by atoms with Crippen molar-refractivity contribution in [3.05, 3.63) is 56.1 Å². The number of rotatable bonds is 7. The minimum absolute atomic E-state index is 0.0634. The third kappa shape index (κ3) is 4.93. The molecule has 2 aromatic rings. The lowest BCUT2D eigenvalue weighted by molar-refractivity contribution is -0.384.